The van der Waals surface area contributed by atoms with Crippen molar-refractivity contribution in [2.45, 2.75) is 19.4 Å². The van der Waals surface area contributed by atoms with Crippen molar-refractivity contribution in [3.8, 4) is 17.2 Å². The van der Waals surface area contributed by atoms with Crippen LogP contribution >= 0.6 is 0 Å². The number of amides is 1. The lowest BCUT2D eigenvalue weighted by Crippen LogP contribution is -2.23. The van der Waals surface area contributed by atoms with E-state index in [-0.39, 0.29) is 32.5 Å². The van der Waals surface area contributed by atoms with Crippen LogP contribution in [0.25, 0.3) is 0 Å². The van der Waals surface area contributed by atoms with E-state index in [1.165, 1.54) is 0 Å². The zero-order valence-electron chi connectivity index (χ0n) is 16.2. The predicted octanol–water partition coefficient (Wildman–Crippen LogP) is 3.09. The Morgan fingerprint density at radius 1 is 1.14 bits per heavy atom. The quantitative estimate of drug-likeness (QED) is 0.591. The molecule has 1 aliphatic heterocycles. The zero-order chi connectivity index (χ0) is 20.6. The number of para-hydroxylation sites is 1. The number of nitrogens with one attached hydrogen (secondary N) is 1. The zero-order valence-corrected chi connectivity index (χ0v) is 16.2. The fourth-order valence-corrected chi connectivity index (χ4v) is 3.08. The van der Waals surface area contributed by atoms with Gasteiger partial charge in [0.05, 0.1) is 6.61 Å². The van der Waals surface area contributed by atoms with Crippen LogP contribution in [-0.2, 0) is 4.74 Å². The lowest BCUT2D eigenvalue weighted by atomic mass is 9.94. The van der Waals surface area contributed by atoms with Crippen molar-refractivity contribution in [1.29, 1.82) is 0 Å². The molecule has 2 aromatic carbocycles. The van der Waals surface area contributed by atoms with E-state index in [1.807, 2.05) is 13.0 Å². The fourth-order valence-electron chi connectivity index (χ4n) is 3.08. The number of anilines is 1. The highest BCUT2D eigenvalue weighted by Gasteiger charge is 2.27. The average molecular weight is 403 g/mol. The van der Waals surface area contributed by atoms with Crippen LogP contribution in [0.2, 0.25) is 0 Å². The molecule has 0 spiro atoms. The fraction of sp³-hybridized carbons (Fsp3) is 0.381. The van der Waals surface area contributed by atoms with Gasteiger partial charge in [0.15, 0.2) is 11.5 Å². The molecule has 1 heterocycles. The van der Waals surface area contributed by atoms with Gasteiger partial charge in [-0.15, -0.1) is 0 Å². The number of carbonyl (C=O) groups excluding carboxylic acids is 1. The van der Waals surface area contributed by atoms with E-state index in [4.69, 9.17) is 24.1 Å². The highest BCUT2D eigenvalue weighted by molar-refractivity contribution is 5.85. The van der Waals surface area contributed by atoms with Gasteiger partial charge < -0.3 is 29.2 Å². The van der Waals surface area contributed by atoms with Crippen molar-refractivity contribution in [2.24, 2.45) is 5.92 Å². The summed E-state index contributed by atoms with van der Waals surface area (Å²) in [6, 6.07) is 12.2. The van der Waals surface area contributed by atoms with Gasteiger partial charge in [0, 0.05) is 23.9 Å². The Balaban J connectivity index is 1.76. The largest absolute Gasteiger partial charge is 0.491 e. The molecule has 0 radical (unpaired) electrons. The number of fused-ring (bicyclic) bond motifs is 1. The van der Waals surface area contributed by atoms with Gasteiger partial charge in [-0.05, 0) is 30.5 Å². The molecule has 8 heteroatoms. The van der Waals surface area contributed by atoms with Crippen LogP contribution in [0.15, 0.2) is 42.5 Å². The maximum absolute atomic E-state index is 12.6. The topological polar surface area (TPSA) is 106 Å². The van der Waals surface area contributed by atoms with Crippen LogP contribution in [0.5, 0.6) is 17.2 Å². The maximum atomic E-state index is 12.6. The molecule has 0 saturated carbocycles. The Hall–Kier alpha value is -2.97. The molecule has 1 aliphatic rings. The predicted molar refractivity (Wildman–Crippen MR) is 105 cm³/mol. The van der Waals surface area contributed by atoms with Crippen molar-refractivity contribution in [1.82, 2.24) is 0 Å². The Kier molecular flexibility index (Phi) is 7.15. The molecule has 0 fully saturated rings. The summed E-state index contributed by atoms with van der Waals surface area (Å²) in [6.07, 6.45) is -0.849. The van der Waals surface area contributed by atoms with Crippen LogP contribution in [-0.4, -0.2) is 42.9 Å². The van der Waals surface area contributed by atoms with Crippen molar-refractivity contribution in [3.05, 3.63) is 48.0 Å². The van der Waals surface area contributed by atoms with Crippen LogP contribution < -0.4 is 19.5 Å². The third-order valence-corrected chi connectivity index (χ3v) is 4.53. The van der Waals surface area contributed by atoms with Gasteiger partial charge in [-0.3, -0.25) is 5.32 Å². The number of hydrogen-bond acceptors (Lipinski definition) is 7. The molecule has 0 aromatic heterocycles. The minimum absolute atomic E-state index is 0.0372. The number of aliphatic hydroxyl groups excluding tert-OH is 2. The van der Waals surface area contributed by atoms with E-state index < -0.39 is 12.2 Å². The van der Waals surface area contributed by atoms with Crippen molar-refractivity contribution >= 4 is 11.8 Å². The summed E-state index contributed by atoms with van der Waals surface area (Å²) in [4.78, 5) is 12.6. The van der Waals surface area contributed by atoms with Crippen molar-refractivity contribution < 1.29 is 34.0 Å². The molecule has 8 nitrogen and oxygen atoms in total. The average Bonchev–Trinajstić information content (AvgIpc) is 3.19. The Bertz CT molecular complexity index is 826. The van der Waals surface area contributed by atoms with Gasteiger partial charge in [0.2, 0.25) is 6.79 Å². The van der Waals surface area contributed by atoms with Gasteiger partial charge in [0.25, 0.3) is 0 Å². The first-order chi connectivity index (χ1) is 14.1. The first-order valence-electron chi connectivity index (χ1n) is 9.43. The van der Waals surface area contributed by atoms with Gasteiger partial charge in [0.1, 0.15) is 18.5 Å². The molecule has 29 heavy (non-hydrogen) atoms. The summed E-state index contributed by atoms with van der Waals surface area (Å²) >= 11 is 0. The van der Waals surface area contributed by atoms with Gasteiger partial charge in [-0.2, -0.15) is 0 Å². The van der Waals surface area contributed by atoms with Crippen LogP contribution in [0.1, 0.15) is 25.0 Å². The summed E-state index contributed by atoms with van der Waals surface area (Å²) in [5.41, 5.74) is 1.18. The first kappa shape index (κ1) is 20.8. The smallest absolute Gasteiger partial charge is 0.412 e. The lowest BCUT2D eigenvalue weighted by Gasteiger charge is -2.26. The highest BCUT2D eigenvalue weighted by atomic mass is 16.7. The van der Waals surface area contributed by atoms with Crippen molar-refractivity contribution in [3.63, 3.8) is 0 Å². The third kappa shape index (κ3) is 5.30. The molecule has 0 aliphatic carbocycles. The number of ether oxygens (including phenoxy) is 4. The van der Waals surface area contributed by atoms with Crippen LogP contribution in [0, 0.1) is 5.92 Å². The summed E-state index contributed by atoms with van der Waals surface area (Å²) in [5, 5.41) is 21.1. The van der Waals surface area contributed by atoms with Crippen molar-refractivity contribution in [2.75, 3.05) is 31.9 Å². The van der Waals surface area contributed by atoms with Gasteiger partial charge in [-0.1, -0.05) is 25.1 Å². The minimum Gasteiger partial charge on any atom is -0.491 e. The number of rotatable bonds is 9. The maximum Gasteiger partial charge on any atom is 0.412 e. The van der Waals surface area contributed by atoms with Gasteiger partial charge in [-0.25, -0.2) is 4.79 Å². The van der Waals surface area contributed by atoms with E-state index in [1.54, 1.807) is 36.4 Å². The van der Waals surface area contributed by atoms with E-state index in [0.717, 1.165) is 0 Å². The summed E-state index contributed by atoms with van der Waals surface area (Å²) in [7, 11) is 0. The molecule has 0 saturated heterocycles. The number of carbonyl (C=O) groups is 1. The second kappa shape index (κ2) is 9.99. The standard InChI is InChI=1S/C21H25NO7/c1-14(8-9-23)20(16-4-2-3-5-17(16)26-11-10-24)29-21(25)22-15-6-7-18-19(12-15)28-13-27-18/h2-7,12,14,20,23-24H,8-11,13H2,1H3,(H,22,25)/t14-,20+/m0/s1. The lowest BCUT2D eigenvalue weighted by molar-refractivity contribution is 0.0641. The second-order valence-corrected chi connectivity index (χ2v) is 6.62. The normalized spacial score (nSPS) is 14.2. The van der Waals surface area contributed by atoms with Gasteiger partial charge >= 0.3 is 6.09 Å². The van der Waals surface area contributed by atoms with Crippen LogP contribution in [0.4, 0.5) is 10.5 Å². The minimum atomic E-state index is -0.647. The van der Waals surface area contributed by atoms with E-state index in [9.17, 15) is 9.90 Å². The molecular weight excluding hydrogens is 378 g/mol. The molecule has 3 N–H and O–H groups in total. The molecule has 2 aromatic rings. The molecule has 156 valence electrons. The molecular formula is C21H25NO7. The van der Waals surface area contributed by atoms with E-state index >= 15 is 0 Å². The third-order valence-electron chi connectivity index (χ3n) is 4.53. The Morgan fingerprint density at radius 2 is 1.93 bits per heavy atom. The second-order valence-electron chi connectivity index (χ2n) is 6.62. The van der Waals surface area contributed by atoms with Crippen LogP contribution in [0.3, 0.4) is 0 Å². The molecule has 1 amide bonds. The highest BCUT2D eigenvalue weighted by Crippen LogP contribution is 2.36. The summed E-state index contributed by atoms with van der Waals surface area (Å²) in [5.74, 6) is 1.53. The number of benzene rings is 2. The monoisotopic (exact) mass is 403 g/mol. The Morgan fingerprint density at radius 3 is 2.72 bits per heavy atom. The number of hydrogen-bond donors (Lipinski definition) is 3. The summed E-state index contributed by atoms with van der Waals surface area (Å²) in [6.45, 7) is 1.99. The molecule has 3 rings (SSSR count). The van der Waals surface area contributed by atoms with E-state index in [0.29, 0.717) is 34.9 Å². The Labute approximate surface area is 169 Å². The number of aliphatic hydroxyl groups is 2. The SMILES string of the molecule is C[C@@H](CCO)[C@@H](OC(=O)Nc1ccc2c(c1)OCO2)c1ccccc1OCCO. The first-order valence-corrected chi connectivity index (χ1v) is 9.43. The summed E-state index contributed by atoms with van der Waals surface area (Å²) < 4.78 is 21.9. The molecule has 2 atom stereocenters. The van der Waals surface area contributed by atoms with E-state index in [2.05, 4.69) is 5.32 Å². The molecule has 0 unspecified atom stereocenters. The molecule has 0 bridgehead atoms.